The van der Waals surface area contributed by atoms with Gasteiger partial charge in [-0.25, -0.2) is 0 Å². The summed E-state index contributed by atoms with van der Waals surface area (Å²) in [7, 11) is -2.83. The molecule has 0 aliphatic heterocycles. The molecule has 0 unspecified atom stereocenters. The molecule has 1 N–H and O–H groups in total. The summed E-state index contributed by atoms with van der Waals surface area (Å²) >= 11 is 0. The van der Waals surface area contributed by atoms with Crippen molar-refractivity contribution in [3.63, 3.8) is 0 Å². The van der Waals surface area contributed by atoms with E-state index in [0.717, 1.165) is 0 Å². The van der Waals surface area contributed by atoms with E-state index < -0.39 is 10.1 Å². The second kappa shape index (κ2) is 4.97. The van der Waals surface area contributed by atoms with Gasteiger partial charge < -0.3 is 4.74 Å². The van der Waals surface area contributed by atoms with E-state index >= 15 is 0 Å². The quantitative estimate of drug-likeness (QED) is 0.565. The van der Waals surface area contributed by atoms with Crippen molar-refractivity contribution in [2.45, 2.75) is 4.90 Å². The predicted octanol–water partition coefficient (Wildman–Crippen LogP) is 0.293. The molecule has 0 heterocycles. The van der Waals surface area contributed by atoms with Gasteiger partial charge in [-0.2, -0.15) is 8.42 Å². The molecule has 68 valence electrons. The van der Waals surface area contributed by atoms with E-state index in [-0.39, 0.29) is 40.2 Å². The Morgan fingerprint density at radius 3 is 2.23 bits per heavy atom. The van der Waals surface area contributed by atoms with E-state index in [1.807, 2.05) is 0 Å². The molecule has 1 aromatic carbocycles. The van der Waals surface area contributed by atoms with E-state index in [4.69, 9.17) is 9.29 Å². The fourth-order valence-corrected chi connectivity index (χ4v) is 1.49. The van der Waals surface area contributed by atoms with E-state index in [9.17, 15) is 8.42 Å². The molecule has 0 saturated heterocycles. The zero-order valence-corrected chi connectivity index (χ0v) is 7.21. The van der Waals surface area contributed by atoms with Crippen LogP contribution in [-0.4, -0.2) is 49.6 Å². The zero-order chi connectivity index (χ0) is 9.19. The molecule has 0 aliphatic rings. The molecule has 0 saturated carbocycles. The third kappa shape index (κ3) is 3.28. The van der Waals surface area contributed by atoms with E-state index in [1.54, 1.807) is 6.07 Å². The van der Waals surface area contributed by atoms with Crippen LogP contribution in [0.5, 0.6) is 5.75 Å². The molecule has 1 aromatic rings. The molecule has 6 heteroatoms. The average molecular weight is 212 g/mol. The summed E-state index contributed by atoms with van der Waals surface area (Å²) in [5.74, 6) is 0.139. The number of hydrogen-bond donors (Lipinski definition) is 1. The molecule has 13 heavy (non-hydrogen) atoms. The van der Waals surface area contributed by atoms with Crippen LogP contribution in [0.15, 0.2) is 29.2 Å². The number of rotatable bonds is 2. The number of ether oxygens (including phenoxy) is 1. The van der Waals surface area contributed by atoms with Gasteiger partial charge in [0.2, 0.25) is 0 Å². The van der Waals surface area contributed by atoms with Crippen LogP contribution in [0.25, 0.3) is 0 Å². The van der Waals surface area contributed by atoms with Crippen molar-refractivity contribution < 1.29 is 17.7 Å². The fourth-order valence-electron chi connectivity index (χ4n) is 0.832. The molecular formula is C7H9NaO4S. The van der Waals surface area contributed by atoms with Gasteiger partial charge in [-0.15, -0.1) is 0 Å². The molecule has 0 aliphatic carbocycles. The van der Waals surface area contributed by atoms with Gasteiger partial charge in [0.15, 0.2) is 0 Å². The summed E-state index contributed by atoms with van der Waals surface area (Å²) in [6.07, 6.45) is 0. The Balaban J connectivity index is 0.00000144. The second-order valence-corrected chi connectivity index (χ2v) is 3.52. The fraction of sp³-hybridized carbons (Fsp3) is 0.143. The minimum atomic E-state index is -4.17. The summed E-state index contributed by atoms with van der Waals surface area (Å²) in [5, 5.41) is 0. The molecular weight excluding hydrogens is 203 g/mol. The van der Waals surface area contributed by atoms with Crippen LogP contribution in [0.3, 0.4) is 0 Å². The van der Waals surface area contributed by atoms with Gasteiger partial charge in [0.25, 0.3) is 10.1 Å². The first kappa shape index (κ1) is 12.9. The van der Waals surface area contributed by atoms with E-state index in [0.29, 0.717) is 0 Å². The summed E-state index contributed by atoms with van der Waals surface area (Å²) in [4.78, 5) is -0.215. The van der Waals surface area contributed by atoms with Crippen LogP contribution < -0.4 is 4.74 Å². The van der Waals surface area contributed by atoms with Crippen LogP contribution >= 0.6 is 0 Å². The molecule has 0 spiro atoms. The normalized spacial score (nSPS) is 10.3. The number of benzene rings is 1. The molecule has 0 fully saturated rings. The number of methoxy groups -OCH3 is 1. The van der Waals surface area contributed by atoms with Crippen LogP contribution in [0.2, 0.25) is 0 Å². The van der Waals surface area contributed by atoms with Gasteiger partial charge in [0.1, 0.15) is 10.6 Å². The van der Waals surface area contributed by atoms with Gasteiger partial charge in [-0.1, -0.05) is 12.1 Å². The SMILES string of the molecule is COc1ccccc1S(=O)(=O)O.[NaH]. The Bertz CT molecular complexity index is 374. The van der Waals surface area contributed by atoms with Gasteiger partial charge in [-0.05, 0) is 12.1 Å². The maximum absolute atomic E-state index is 10.7. The predicted molar refractivity (Wildman–Crippen MR) is 50.0 cm³/mol. The summed E-state index contributed by atoms with van der Waals surface area (Å²) in [6, 6.07) is 5.86. The number of para-hydroxylation sites is 1. The van der Waals surface area contributed by atoms with Crippen molar-refractivity contribution >= 4 is 39.7 Å². The maximum atomic E-state index is 10.7. The summed E-state index contributed by atoms with van der Waals surface area (Å²) in [6.45, 7) is 0. The third-order valence-electron chi connectivity index (χ3n) is 1.35. The van der Waals surface area contributed by atoms with Crippen molar-refractivity contribution in [1.29, 1.82) is 0 Å². The van der Waals surface area contributed by atoms with Crippen LogP contribution in [-0.2, 0) is 10.1 Å². The Morgan fingerprint density at radius 1 is 1.31 bits per heavy atom. The van der Waals surface area contributed by atoms with Crippen molar-refractivity contribution in [2.24, 2.45) is 0 Å². The van der Waals surface area contributed by atoms with Crippen molar-refractivity contribution in [2.75, 3.05) is 7.11 Å². The van der Waals surface area contributed by atoms with Gasteiger partial charge in [0.05, 0.1) is 7.11 Å². The van der Waals surface area contributed by atoms with Crippen LogP contribution in [0, 0.1) is 0 Å². The molecule has 4 nitrogen and oxygen atoms in total. The van der Waals surface area contributed by atoms with E-state index in [1.165, 1.54) is 25.3 Å². The summed E-state index contributed by atoms with van der Waals surface area (Å²) < 4.78 is 34.8. The third-order valence-corrected chi connectivity index (χ3v) is 2.24. The van der Waals surface area contributed by atoms with Gasteiger partial charge in [0, 0.05) is 0 Å². The first-order valence-electron chi connectivity index (χ1n) is 3.16. The molecule has 0 radical (unpaired) electrons. The zero-order valence-electron chi connectivity index (χ0n) is 6.39. The topological polar surface area (TPSA) is 63.6 Å². The van der Waals surface area contributed by atoms with Crippen molar-refractivity contribution in [1.82, 2.24) is 0 Å². The number of hydrogen-bond acceptors (Lipinski definition) is 3. The van der Waals surface area contributed by atoms with Gasteiger partial charge in [-0.3, -0.25) is 4.55 Å². The standard InChI is InChI=1S/C7H8O4S.Na.H/c1-11-6-4-2-3-5-7(6)12(8,9)10;;/h2-5H,1H3,(H,8,9,10);;. The first-order valence-corrected chi connectivity index (χ1v) is 4.60. The monoisotopic (exact) mass is 212 g/mol. The summed E-state index contributed by atoms with van der Waals surface area (Å²) in [5.41, 5.74) is 0. The van der Waals surface area contributed by atoms with Crippen molar-refractivity contribution in [3.8, 4) is 5.75 Å². The molecule has 1 rings (SSSR count). The van der Waals surface area contributed by atoms with Crippen LogP contribution in [0.1, 0.15) is 0 Å². The first-order chi connectivity index (χ1) is 5.55. The van der Waals surface area contributed by atoms with Crippen LogP contribution in [0.4, 0.5) is 0 Å². The molecule has 0 atom stereocenters. The molecule has 0 aromatic heterocycles. The Morgan fingerprint density at radius 2 is 1.85 bits per heavy atom. The van der Waals surface area contributed by atoms with Gasteiger partial charge >= 0.3 is 29.6 Å². The van der Waals surface area contributed by atoms with Crippen molar-refractivity contribution in [3.05, 3.63) is 24.3 Å². The molecule has 0 bridgehead atoms. The second-order valence-electron chi connectivity index (χ2n) is 2.13. The van der Waals surface area contributed by atoms with E-state index in [2.05, 4.69) is 0 Å². The Kier molecular flexibility index (Phi) is 4.95. The minimum absolute atomic E-state index is 0. The molecule has 0 amide bonds. The Labute approximate surface area is 99.0 Å². The average Bonchev–Trinajstić information content (AvgIpc) is 2.03. The Hall–Kier alpha value is -0.0700.